The quantitative estimate of drug-likeness (QED) is 0.734. The predicted molar refractivity (Wildman–Crippen MR) is 94.5 cm³/mol. The van der Waals surface area contributed by atoms with Gasteiger partial charge in [0.2, 0.25) is 0 Å². The van der Waals surface area contributed by atoms with Gasteiger partial charge in [0.25, 0.3) is 5.91 Å². The van der Waals surface area contributed by atoms with E-state index in [0.717, 1.165) is 5.56 Å². The molecule has 0 aliphatic heterocycles. The summed E-state index contributed by atoms with van der Waals surface area (Å²) in [6, 6.07) is 12.8. The van der Waals surface area contributed by atoms with Gasteiger partial charge in [-0.1, -0.05) is 30.3 Å². The third-order valence-electron chi connectivity index (χ3n) is 3.39. The number of ether oxygens (including phenoxy) is 2. The molecular formula is C18H18BrNO4. The molecule has 126 valence electrons. The number of aldehydes is 1. The van der Waals surface area contributed by atoms with Crippen molar-refractivity contribution in [2.24, 2.45) is 0 Å². The number of methoxy groups -OCH3 is 1. The Labute approximate surface area is 149 Å². The van der Waals surface area contributed by atoms with E-state index in [2.05, 4.69) is 21.2 Å². The second-order valence-corrected chi connectivity index (χ2v) is 5.96. The van der Waals surface area contributed by atoms with Crippen molar-refractivity contribution in [3.8, 4) is 11.5 Å². The van der Waals surface area contributed by atoms with Crippen LogP contribution in [0.2, 0.25) is 0 Å². The van der Waals surface area contributed by atoms with Crippen LogP contribution in [-0.4, -0.2) is 25.4 Å². The number of amides is 1. The molecule has 0 aliphatic rings. The highest BCUT2D eigenvalue weighted by atomic mass is 79.9. The second kappa shape index (κ2) is 8.49. The lowest BCUT2D eigenvalue weighted by molar-refractivity contribution is -0.127. The number of carbonyl (C=O) groups excluding carboxylic acids is 2. The molecule has 0 spiro atoms. The van der Waals surface area contributed by atoms with Crippen LogP contribution in [0.1, 0.15) is 22.8 Å². The minimum Gasteiger partial charge on any atom is -0.493 e. The summed E-state index contributed by atoms with van der Waals surface area (Å²) in [5, 5.41) is 2.81. The molecule has 2 aromatic carbocycles. The summed E-state index contributed by atoms with van der Waals surface area (Å²) in [7, 11) is 1.50. The van der Waals surface area contributed by atoms with Crippen LogP contribution in [0, 0.1) is 0 Å². The molecule has 2 rings (SSSR count). The van der Waals surface area contributed by atoms with Crippen LogP contribution < -0.4 is 14.8 Å². The topological polar surface area (TPSA) is 64.6 Å². The van der Waals surface area contributed by atoms with Gasteiger partial charge in [-0.05, 0) is 40.5 Å². The molecule has 6 heteroatoms. The molecule has 1 atom stereocenters. The van der Waals surface area contributed by atoms with Crippen molar-refractivity contribution in [2.75, 3.05) is 7.11 Å². The van der Waals surface area contributed by atoms with E-state index in [1.807, 2.05) is 30.3 Å². The molecule has 5 nitrogen and oxygen atoms in total. The molecule has 0 heterocycles. The van der Waals surface area contributed by atoms with E-state index in [0.29, 0.717) is 34.4 Å². The Hall–Kier alpha value is -2.34. The van der Waals surface area contributed by atoms with Gasteiger partial charge in [0.05, 0.1) is 7.11 Å². The van der Waals surface area contributed by atoms with Crippen molar-refractivity contribution in [1.29, 1.82) is 0 Å². The van der Waals surface area contributed by atoms with Crippen LogP contribution in [0.5, 0.6) is 11.5 Å². The van der Waals surface area contributed by atoms with Gasteiger partial charge in [-0.15, -0.1) is 0 Å². The van der Waals surface area contributed by atoms with Crippen molar-refractivity contribution in [3.05, 3.63) is 58.1 Å². The zero-order valence-corrected chi connectivity index (χ0v) is 15.0. The van der Waals surface area contributed by atoms with Crippen LogP contribution in [0.4, 0.5) is 0 Å². The largest absolute Gasteiger partial charge is 0.493 e. The summed E-state index contributed by atoms with van der Waals surface area (Å²) >= 11 is 3.28. The van der Waals surface area contributed by atoms with Crippen molar-refractivity contribution >= 4 is 28.1 Å². The van der Waals surface area contributed by atoms with E-state index in [-0.39, 0.29) is 5.91 Å². The zero-order valence-electron chi connectivity index (χ0n) is 13.4. The molecular weight excluding hydrogens is 374 g/mol. The van der Waals surface area contributed by atoms with Crippen LogP contribution in [0.3, 0.4) is 0 Å². The van der Waals surface area contributed by atoms with Gasteiger partial charge in [0.15, 0.2) is 23.9 Å². The normalized spacial score (nSPS) is 11.5. The van der Waals surface area contributed by atoms with Gasteiger partial charge in [-0.3, -0.25) is 9.59 Å². The fourth-order valence-corrected chi connectivity index (χ4v) is 2.48. The average Bonchev–Trinajstić information content (AvgIpc) is 2.61. The van der Waals surface area contributed by atoms with E-state index in [1.54, 1.807) is 13.0 Å². The van der Waals surface area contributed by atoms with Gasteiger partial charge in [0.1, 0.15) is 0 Å². The lowest BCUT2D eigenvalue weighted by Gasteiger charge is -2.17. The van der Waals surface area contributed by atoms with E-state index in [4.69, 9.17) is 9.47 Å². The smallest absolute Gasteiger partial charge is 0.261 e. The van der Waals surface area contributed by atoms with Crippen molar-refractivity contribution in [2.45, 2.75) is 19.6 Å². The fraction of sp³-hybridized carbons (Fsp3) is 0.222. The molecule has 1 amide bonds. The molecule has 0 bridgehead atoms. The molecule has 1 N–H and O–H groups in total. The third-order valence-corrected chi connectivity index (χ3v) is 4.08. The molecule has 0 aromatic heterocycles. The lowest BCUT2D eigenvalue weighted by Crippen LogP contribution is -2.36. The Bertz CT molecular complexity index is 718. The van der Waals surface area contributed by atoms with Gasteiger partial charge >= 0.3 is 0 Å². The SMILES string of the molecule is COc1cc(Br)c(C=O)cc1O[C@@H](C)C(=O)NCc1ccccc1. The standard InChI is InChI=1S/C18H18BrNO4/c1-12(18(22)20-10-13-6-4-3-5-7-13)24-17-8-14(11-21)15(19)9-16(17)23-2/h3-9,11-12H,10H2,1-2H3,(H,20,22)/t12-/m0/s1. The molecule has 0 saturated carbocycles. The highest BCUT2D eigenvalue weighted by Gasteiger charge is 2.18. The Kier molecular flexibility index (Phi) is 6.37. The number of rotatable bonds is 7. The maximum absolute atomic E-state index is 12.2. The highest BCUT2D eigenvalue weighted by molar-refractivity contribution is 9.10. The second-order valence-electron chi connectivity index (χ2n) is 5.11. The Morgan fingerprint density at radius 3 is 2.58 bits per heavy atom. The molecule has 24 heavy (non-hydrogen) atoms. The number of nitrogens with one attached hydrogen (secondary N) is 1. The van der Waals surface area contributed by atoms with E-state index in [1.165, 1.54) is 13.2 Å². The highest BCUT2D eigenvalue weighted by Crippen LogP contribution is 2.33. The fourth-order valence-electron chi connectivity index (χ4n) is 2.07. The Balaban J connectivity index is 2.04. The van der Waals surface area contributed by atoms with Crippen molar-refractivity contribution < 1.29 is 19.1 Å². The summed E-state index contributed by atoms with van der Waals surface area (Å²) in [5.41, 5.74) is 1.42. The molecule has 2 aromatic rings. The summed E-state index contributed by atoms with van der Waals surface area (Å²) in [5.74, 6) is 0.525. The lowest BCUT2D eigenvalue weighted by atomic mass is 10.2. The van der Waals surface area contributed by atoms with Crippen LogP contribution in [0.25, 0.3) is 0 Å². The zero-order chi connectivity index (χ0) is 17.5. The van der Waals surface area contributed by atoms with Crippen molar-refractivity contribution in [1.82, 2.24) is 5.32 Å². The number of carbonyl (C=O) groups is 2. The van der Waals surface area contributed by atoms with E-state index in [9.17, 15) is 9.59 Å². The van der Waals surface area contributed by atoms with Crippen molar-refractivity contribution in [3.63, 3.8) is 0 Å². The Morgan fingerprint density at radius 1 is 1.25 bits per heavy atom. The minimum atomic E-state index is -0.733. The summed E-state index contributed by atoms with van der Waals surface area (Å²) in [4.78, 5) is 23.2. The maximum Gasteiger partial charge on any atom is 0.261 e. The van der Waals surface area contributed by atoms with Crippen LogP contribution in [-0.2, 0) is 11.3 Å². The van der Waals surface area contributed by atoms with E-state index >= 15 is 0 Å². The molecule has 0 saturated heterocycles. The van der Waals surface area contributed by atoms with Gasteiger partial charge in [-0.2, -0.15) is 0 Å². The third kappa shape index (κ3) is 4.58. The van der Waals surface area contributed by atoms with Gasteiger partial charge in [-0.25, -0.2) is 0 Å². The number of hydrogen-bond donors (Lipinski definition) is 1. The van der Waals surface area contributed by atoms with E-state index < -0.39 is 6.10 Å². The molecule has 0 unspecified atom stereocenters. The first-order chi connectivity index (χ1) is 11.5. The Morgan fingerprint density at radius 2 is 1.96 bits per heavy atom. The first-order valence-electron chi connectivity index (χ1n) is 7.36. The summed E-state index contributed by atoms with van der Waals surface area (Å²) in [6.07, 6.45) is -0.0282. The number of hydrogen-bond acceptors (Lipinski definition) is 4. The van der Waals surface area contributed by atoms with Crippen LogP contribution >= 0.6 is 15.9 Å². The molecule has 0 radical (unpaired) electrons. The predicted octanol–water partition coefficient (Wildman–Crippen LogP) is 3.35. The first-order valence-corrected chi connectivity index (χ1v) is 8.15. The average molecular weight is 392 g/mol. The van der Waals surface area contributed by atoms with Gasteiger partial charge in [0, 0.05) is 16.6 Å². The minimum absolute atomic E-state index is 0.253. The molecule has 0 fully saturated rings. The first kappa shape index (κ1) is 18.0. The summed E-state index contributed by atoms with van der Waals surface area (Å²) in [6.45, 7) is 2.06. The van der Waals surface area contributed by atoms with Crippen LogP contribution in [0.15, 0.2) is 46.9 Å². The molecule has 0 aliphatic carbocycles. The number of halogens is 1. The number of benzene rings is 2. The monoisotopic (exact) mass is 391 g/mol. The maximum atomic E-state index is 12.2. The van der Waals surface area contributed by atoms with Gasteiger partial charge < -0.3 is 14.8 Å². The summed E-state index contributed by atoms with van der Waals surface area (Å²) < 4.78 is 11.5.